The summed E-state index contributed by atoms with van der Waals surface area (Å²) in [6.07, 6.45) is 0.485. The predicted molar refractivity (Wildman–Crippen MR) is 79.3 cm³/mol. The molecule has 1 amide bonds. The van der Waals surface area contributed by atoms with E-state index in [0.29, 0.717) is 19.6 Å². The topological polar surface area (TPSA) is 38.3 Å². The van der Waals surface area contributed by atoms with E-state index in [1.165, 1.54) is 12.1 Å². The minimum Gasteiger partial charge on any atom is -0.489 e. The third-order valence-corrected chi connectivity index (χ3v) is 3.05. The zero-order valence-electron chi connectivity index (χ0n) is 11.9. The van der Waals surface area contributed by atoms with Gasteiger partial charge in [0.05, 0.1) is 0 Å². The second-order valence-electron chi connectivity index (χ2n) is 4.69. The van der Waals surface area contributed by atoms with E-state index in [0.717, 1.165) is 16.9 Å². The molecule has 4 heteroatoms. The third kappa shape index (κ3) is 4.91. The van der Waals surface area contributed by atoms with Crippen molar-refractivity contribution >= 4 is 5.91 Å². The quantitative estimate of drug-likeness (QED) is 0.884. The fourth-order valence-corrected chi connectivity index (χ4v) is 1.78. The van der Waals surface area contributed by atoms with Crippen LogP contribution in [0.1, 0.15) is 24.5 Å². The van der Waals surface area contributed by atoms with E-state index >= 15 is 0 Å². The highest BCUT2D eigenvalue weighted by atomic mass is 19.1. The van der Waals surface area contributed by atoms with Gasteiger partial charge in [-0.3, -0.25) is 4.79 Å². The molecule has 0 saturated heterocycles. The van der Waals surface area contributed by atoms with Gasteiger partial charge in [-0.25, -0.2) is 4.39 Å². The largest absolute Gasteiger partial charge is 0.489 e. The van der Waals surface area contributed by atoms with E-state index in [1.54, 1.807) is 12.1 Å². The average molecular weight is 287 g/mol. The Bertz CT molecular complexity index is 579. The van der Waals surface area contributed by atoms with Gasteiger partial charge in [0.1, 0.15) is 18.2 Å². The highest BCUT2D eigenvalue weighted by Gasteiger charge is 2.00. The van der Waals surface area contributed by atoms with Crippen molar-refractivity contribution in [3.63, 3.8) is 0 Å². The van der Waals surface area contributed by atoms with Gasteiger partial charge in [-0.2, -0.15) is 0 Å². The van der Waals surface area contributed by atoms with Gasteiger partial charge >= 0.3 is 0 Å². The van der Waals surface area contributed by atoms with Gasteiger partial charge in [0.15, 0.2) is 0 Å². The minimum atomic E-state index is -0.253. The Balaban J connectivity index is 1.84. The van der Waals surface area contributed by atoms with Crippen LogP contribution >= 0.6 is 0 Å². The Morgan fingerprint density at radius 1 is 1.05 bits per heavy atom. The Morgan fingerprint density at radius 3 is 2.29 bits per heavy atom. The smallest absolute Gasteiger partial charge is 0.219 e. The Morgan fingerprint density at radius 2 is 1.67 bits per heavy atom. The van der Waals surface area contributed by atoms with Crippen LogP contribution in [0.2, 0.25) is 0 Å². The summed E-state index contributed by atoms with van der Waals surface area (Å²) in [6, 6.07) is 13.8. The first kappa shape index (κ1) is 15.0. The fourth-order valence-electron chi connectivity index (χ4n) is 1.78. The maximum Gasteiger partial charge on any atom is 0.219 e. The van der Waals surface area contributed by atoms with Crippen LogP contribution in [0.5, 0.6) is 5.75 Å². The normalized spacial score (nSPS) is 10.2. The third-order valence-electron chi connectivity index (χ3n) is 3.05. The molecule has 0 spiro atoms. The molecular formula is C17H18FNO2. The van der Waals surface area contributed by atoms with E-state index in [2.05, 4.69) is 5.32 Å². The summed E-state index contributed by atoms with van der Waals surface area (Å²) in [6.45, 7) is 2.73. The van der Waals surface area contributed by atoms with E-state index in [9.17, 15) is 9.18 Å². The summed E-state index contributed by atoms with van der Waals surface area (Å²) in [5.74, 6) is 0.522. The summed E-state index contributed by atoms with van der Waals surface area (Å²) < 4.78 is 18.4. The van der Waals surface area contributed by atoms with Crippen molar-refractivity contribution in [2.24, 2.45) is 0 Å². The molecular weight excluding hydrogens is 269 g/mol. The van der Waals surface area contributed by atoms with Gasteiger partial charge < -0.3 is 10.1 Å². The SMILES string of the molecule is CCC(=O)NCc1ccc(OCc2ccc(F)cc2)cc1. The maximum absolute atomic E-state index is 12.8. The van der Waals surface area contributed by atoms with E-state index in [1.807, 2.05) is 31.2 Å². The molecule has 0 aromatic heterocycles. The number of nitrogens with one attached hydrogen (secondary N) is 1. The van der Waals surface area contributed by atoms with Crippen molar-refractivity contribution in [3.8, 4) is 5.75 Å². The van der Waals surface area contributed by atoms with Gasteiger partial charge in [-0.05, 0) is 35.4 Å². The number of hydrogen-bond acceptors (Lipinski definition) is 2. The molecule has 21 heavy (non-hydrogen) atoms. The highest BCUT2D eigenvalue weighted by Crippen LogP contribution is 2.14. The number of carbonyl (C=O) groups is 1. The Hall–Kier alpha value is -2.36. The number of carbonyl (C=O) groups excluding carboxylic acids is 1. The average Bonchev–Trinajstić information content (AvgIpc) is 2.53. The molecule has 0 unspecified atom stereocenters. The molecule has 0 aliphatic heterocycles. The minimum absolute atomic E-state index is 0.0339. The standard InChI is InChI=1S/C17H18FNO2/c1-2-17(20)19-11-13-5-9-16(10-6-13)21-12-14-3-7-15(18)8-4-14/h3-10H,2,11-12H2,1H3,(H,19,20). The lowest BCUT2D eigenvalue weighted by Gasteiger charge is -2.08. The van der Waals surface area contributed by atoms with Crippen molar-refractivity contribution in [2.75, 3.05) is 0 Å². The summed E-state index contributed by atoms with van der Waals surface area (Å²) in [4.78, 5) is 11.2. The number of rotatable bonds is 6. The number of hydrogen-bond donors (Lipinski definition) is 1. The van der Waals surface area contributed by atoms with Crippen LogP contribution in [-0.4, -0.2) is 5.91 Å². The first-order valence-electron chi connectivity index (χ1n) is 6.90. The zero-order chi connectivity index (χ0) is 15.1. The lowest BCUT2D eigenvalue weighted by molar-refractivity contribution is -0.120. The molecule has 2 aromatic carbocycles. The number of halogens is 1. The summed E-state index contributed by atoms with van der Waals surface area (Å²) >= 11 is 0. The van der Waals surface area contributed by atoms with Crippen LogP contribution < -0.4 is 10.1 Å². The first-order chi connectivity index (χ1) is 10.2. The molecule has 1 N–H and O–H groups in total. The molecule has 0 saturated carbocycles. The van der Waals surface area contributed by atoms with Crippen molar-refractivity contribution < 1.29 is 13.9 Å². The monoisotopic (exact) mass is 287 g/mol. The maximum atomic E-state index is 12.8. The lowest BCUT2D eigenvalue weighted by atomic mass is 10.2. The first-order valence-corrected chi connectivity index (χ1v) is 6.90. The van der Waals surface area contributed by atoms with Crippen LogP contribution in [0.25, 0.3) is 0 Å². The molecule has 0 fully saturated rings. The van der Waals surface area contributed by atoms with Gasteiger partial charge in [0.2, 0.25) is 5.91 Å². The molecule has 3 nitrogen and oxygen atoms in total. The number of ether oxygens (including phenoxy) is 1. The van der Waals surface area contributed by atoms with Crippen molar-refractivity contribution in [3.05, 3.63) is 65.5 Å². The van der Waals surface area contributed by atoms with Crippen LogP contribution in [0, 0.1) is 5.82 Å². The van der Waals surface area contributed by atoms with E-state index < -0.39 is 0 Å². The molecule has 2 aromatic rings. The van der Waals surface area contributed by atoms with Crippen LogP contribution in [-0.2, 0) is 17.9 Å². The summed E-state index contributed by atoms with van der Waals surface area (Å²) in [5.41, 5.74) is 1.93. The van der Waals surface area contributed by atoms with Gasteiger partial charge in [0.25, 0.3) is 0 Å². The van der Waals surface area contributed by atoms with Crippen LogP contribution in [0.3, 0.4) is 0 Å². The molecule has 0 aliphatic rings. The molecule has 2 rings (SSSR count). The molecule has 110 valence electrons. The number of benzene rings is 2. The molecule has 0 radical (unpaired) electrons. The lowest BCUT2D eigenvalue weighted by Crippen LogP contribution is -2.21. The fraction of sp³-hybridized carbons (Fsp3) is 0.235. The van der Waals surface area contributed by atoms with Crippen molar-refractivity contribution in [1.82, 2.24) is 5.32 Å². The predicted octanol–water partition coefficient (Wildman–Crippen LogP) is 3.43. The van der Waals surface area contributed by atoms with Crippen molar-refractivity contribution in [2.45, 2.75) is 26.5 Å². The van der Waals surface area contributed by atoms with Crippen LogP contribution in [0.4, 0.5) is 4.39 Å². The summed E-state index contributed by atoms with van der Waals surface area (Å²) in [7, 11) is 0. The van der Waals surface area contributed by atoms with E-state index in [-0.39, 0.29) is 11.7 Å². The zero-order valence-corrected chi connectivity index (χ0v) is 11.9. The van der Waals surface area contributed by atoms with Gasteiger partial charge in [-0.15, -0.1) is 0 Å². The molecule has 0 atom stereocenters. The molecule has 0 heterocycles. The van der Waals surface area contributed by atoms with Crippen LogP contribution in [0.15, 0.2) is 48.5 Å². The summed E-state index contributed by atoms with van der Waals surface area (Å²) in [5, 5.41) is 2.82. The van der Waals surface area contributed by atoms with Crippen molar-refractivity contribution in [1.29, 1.82) is 0 Å². The van der Waals surface area contributed by atoms with Gasteiger partial charge in [-0.1, -0.05) is 31.2 Å². The van der Waals surface area contributed by atoms with E-state index in [4.69, 9.17) is 4.74 Å². The number of amides is 1. The van der Waals surface area contributed by atoms with Gasteiger partial charge in [0, 0.05) is 13.0 Å². The Kier molecular flexibility index (Phi) is 5.32. The second-order valence-corrected chi connectivity index (χ2v) is 4.69. The molecule has 0 aliphatic carbocycles. The Labute approximate surface area is 123 Å². The molecule has 0 bridgehead atoms. The second kappa shape index (κ2) is 7.43. The highest BCUT2D eigenvalue weighted by molar-refractivity contribution is 5.75.